The number of nitrogens with two attached hydrogens (primary N) is 1. The number of hydrogen-bond donors (Lipinski definition) is 1. The van der Waals surface area contributed by atoms with Crippen molar-refractivity contribution in [3.05, 3.63) is 35.6 Å². The van der Waals surface area contributed by atoms with Gasteiger partial charge in [-0.15, -0.1) is 0 Å². The van der Waals surface area contributed by atoms with E-state index in [9.17, 15) is 4.39 Å². The molecular weight excluding hydrogens is 225 g/mol. The maximum absolute atomic E-state index is 13.1. The third-order valence-electron chi connectivity index (χ3n) is 4.43. The summed E-state index contributed by atoms with van der Waals surface area (Å²) in [6.07, 6.45) is 7.23. The molecule has 1 saturated carbocycles. The topological polar surface area (TPSA) is 26.0 Å². The molecule has 1 aliphatic carbocycles. The van der Waals surface area contributed by atoms with Crippen molar-refractivity contribution in [2.24, 2.45) is 17.6 Å². The zero-order valence-electron chi connectivity index (χ0n) is 11.2. The predicted molar refractivity (Wildman–Crippen MR) is 73.8 cm³/mol. The fourth-order valence-corrected chi connectivity index (χ4v) is 3.13. The van der Waals surface area contributed by atoms with Crippen LogP contribution in [0.5, 0.6) is 0 Å². The van der Waals surface area contributed by atoms with Gasteiger partial charge >= 0.3 is 0 Å². The molecule has 0 aromatic heterocycles. The maximum Gasteiger partial charge on any atom is 0.123 e. The van der Waals surface area contributed by atoms with Gasteiger partial charge < -0.3 is 5.73 Å². The van der Waals surface area contributed by atoms with Crippen LogP contribution in [0, 0.1) is 17.7 Å². The minimum atomic E-state index is -0.158. The number of rotatable bonds is 4. The fourth-order valence-electron chi connectivity index (χ4n) is 3.13. The van der Waals surface area contributed by atoms with Gasteiger partial charge in [-0.3, -0.25) is 0 Å². The van der Waals surface area contributed by atoms with Crippen LogP contribution in [0.25, 0.3) is 0 Å². The van der Waals surface area contributed by atoms with Crippen molar-refractivity contribution < 1.29 is 4.39 Å². The molecule has 0 aliphatic heterocycles. The van der Waals surface area contributed by atoms with E-state index in [1.165, 1.54) is 38.2 Å². The average molecular weight is 249 g/mol. The molecule has 18 heavy (non-hydrogen) atoms. The fraction of sp³-hybridized carbons (Fsp3) is 0.625. The van der Waals surface area contributed by atoms with Crippen LogP contribution in [0.2, 0.25) is 0 Å². The van der Waals surface area contributed by atoms with Gasteiger partial charge in [0.05, 0.1) is 0 Å². The van der Waals surface area contributed by atoms with E-state index in [1.54, 1.807) is 12.1 Å². The first kappa shape index (κ1) is 13.5. The molecule has 1 fully saturated rings. The van der Waals surface area contributed by atoms with Crippen molar-refractivity contribution in [1.29, 1.82) is 0 Å². The van der Waals surface area contributed by atoms with Crippen molar-refractivity contribution in [3.63, 3.8) is 0 Å². The number of benzene rings is 1. The normalized spacial score (nSPS) is 25.9. The van der Waals surface area contributed by atoms with Gasteiger partial charge in [-0.2, -0.15) is 0 Å². The van der Waals surface area contributed by atoms with Gasteiger partial charge in [-0.25, -0.2) is 4.39 Å². The third kappa shape index (κ3) is 3.55. The summed E-state index contributed by atoms with van der Waals surface area (Å²) in [4.78, 5) is 0. The van der Waals surface area contributed by atoms with E-state index >= 15 is 0 Å². The van der Waals surface area contributed by atoms with Crippen LogP contribution < -0.4 is 5.73 Å². The minimum Gasteiger partial charge on any atom is -0.327 e. The first-order valence-corrected chi connectivity index (χ1v) is 7.19. The molecule has 2 rings (SSSR count). The molecule has 1 aromatic rings. The van der Waals surface area contributed by atoms with Crippen LogP contribution >= 0.6 is 0 Å². The Morgan fingerprint density at radius 2 is 2.00 bits per heavy atom. The summed E-state index contributed by atoms with van der Waals surface area (Å²) in [6, 6.07) is 7.02. The predicted octanol–water partition coefficient (Wildman–Crippen LogP) is 3.91. The van der Waals surface area contributed by atoms with E-state index in [0.717, 1.165) is 17.9 Å². The summed E-state index contributed by atoms with van der Waals surface area (Å²) < 4.78 is 13.1. The second kappa shape index (κ2) is 6.33. The SMILES string of the molecule is CCC1CCC(C(N)Cc2cccc(F)c2)CC1. The van der Waals surface area contributed by atoms with E-state index in [-0.39, 0.29) is 11.9 Å². The van der Waals surface area contributed by atoms with Crippen molar-refractivity contribution in [3.8, 4) is 0 Å². The molecule has 1 nitrogen and oxygen atoms in total. The summed E-state index contributed by atoms with van der Waals surface area (Å²) in [7, 11) is 0. The van der Waals surface area contributed by atoms with Crippen LogP contribution in [-0.2, 0) is 6.42 Å². The van der Waals surface area contributed by atoms with E-state index in [1.807, 2.05) is 6.07 Å². The highest BCUT2D eigenvalue weighted by Gasteiger charge is 2.24. The molecule has 1 unspecified atom stereocenters. The lowest BCUT2D eigenvalue weighted by molar-refractivity contribution is 0.238. The molecule has 0 bridgehead atoms. The summed E-state index contributed by atoms with van der Waals surface area (Å²) in [5.41, 5.74) is 7.32. The summed E-state index contributed by atoms with van der Waals surface area (Å²) in [5, 5.41) is 0. The first-order valence-electron chi connectivity index (χ1n) is 7.19. The molecule has 2 heteroatoms. The van der Waals surface area contributed by atoms with E-state index in [0.29, 0.717) is 5.92 Å². The lowest BCUT2D eigenvalue weighted by atomic mass is 9.76. The highest BCUT2D eigenvalue weighted by Crippen LogP contribution is 2.32. The molecule has 0 spiro atoms. The Morgan fingerprint density at radius 1 is 1.28 bits per heavy atom. The number of halogens is 1. The molecule has 100 valence electrons. The molecule has 1 aliphatic rings. The molecular formula is C16H24FN. The Bertz CT molecular complexity index is 369. The molecule has 0 saturated heterocycles. The van der Waals surface area contributed by atoms with E-state index < -0.39 is 0 Å². The molecule has 1 aromatic carbocycles. The largest absolute Gasteiger partial charge is 0.327 e. The summed E-state index contributed by atoms with van der Waals surface area (Å²) in [6.45, 7) is 2.28. The summed E-state index contributed by atoms with van der Waals surface area (Å²) >= 11 is 0. The van der Waals surface area contributed by atoms with Gasteiger partial charge in [0.1, 0.15) is 5.82 Å². The lowest BCUT2D eigenvalue weighted by Gasteiger charge is -2.31. The zero-order chi connectivity index (χ0) is 13.0. The van der Waals surface area contributed by atoms with Gasteiger partial charge in [-0.1, -0.05) is 38.3 Å². The van der Waals surface area contributed by atoms with Crippen molar-refractivity contribution in [1.82, 2.24) is 0 Å². The first-order chi connectivity index (χ1) is 8.69. The zero-order valence-corrected chi connectivity index (χ0v) is 11.2. The Labute approximate surface area is 110 Å². The Kier molecular flexibility index (Phi) is 4.76. The molecule has 0 amide bonds. The van der Waals surface area contributed by atoms with Gasteiger partial charge in [0, 0.05) is 6.04 Å². The summed E-state index contributed by atoms with van der Waals surface area (Å²) in [5.74, 6) is 1.37. The third-order valence-corrected chi connectivity index (χ3v) is 4.43. The molecule has 2 N–H and O–H groups in total. The monoisotopic (exact) mass is 249 g/mol. The van der Waals surface area contributed by atoms with Gasteiger partial charge in [0.25, 0.3) is 0 Å². The Balaban J connectivity index is 1.87. The van der Waals surface area contributed by atoms with Gasteiger partial charge in [0.2, 0.25) is 0 Å². The smallest absolute Gasteiger partial charge is 0.123 e. The van der Waals surface area contributed by atoms with Gasteiger partial charge in [-0.05, 0) is 48.8 Å². The van der Waals surface area contributed by atoms with Crippen LogP contribution in [0.4, 0.5) is 4.39 Å². The van der Waals surface area contributed by atoms with Crippen LogP contribution in [0.1, 0.15) is 44.6 Å². The molecule has 1 atom stereocenters. The molecule has 0 heterocycles. The van der Waals surface area contributed by atoms with Crippen molar-refractivity contribution in [2.45, 2.75) is 51.5 Å². The average Bonchev–Trinajstić information content (AvgIpc) is 2.39. The second-order valence-electron chi connectivity index (χ2n) is 5.69. The van der Waals surface area contributed by atoms with Crippen molar-refractivity contribution in [2.75, 3.05) is 0 Å². The van der Waals surface area contributed by atoms with Crippen LogP contribution in [0.3, 0.4) is 0 Å². The van der Waals surface area contributed by atoms with E-state index in [4.69, 9.17) is 5.73 Å². The quantitative estimate of drug-likeness (QED) is 0.860. The lowest BCUT2D eigenvalue weighted by Crippen LogP contribution is -2.34. The maximum atomic E-state index is 13.1. The van der Waals surface area contributed by atoms with Crippen molar-refractivity contribution >= 4 is 0 Å². The van der Waals surface area contributed by atoms with Gasteiger partial charge in [0.15, 0.2) is 0 Å². The highest BCUT2D eigenvalue weighted by atomic mass is 19.1. The standard InChI is InChI=1S/C16H24FN/c1-2-12-6-8-14(9-7-12)16(18)11-13-4-3-5-15(17)10-13/h3-5,10,12,14,16H,2,6-9,11,18H2,1H3. The Morgan fingerprint density at radius 3 is 2.61 bits per heavy atom. The molecule has 0 radical (unpaired) electrons. The highest BCUT2D eigenvalue weighted by molar-refractivity contribution is 5.17. The second-order valence-corrected chi connectivity index (χ2v) is 5.69. The number of hydrogen-bond acceptors (Lipinski definition) is 1. The van der Waals surface area contributed by atoms with Crippen LogP contribution in [-0.4, -0.2) is 6.04 Å². The van der Waals surface area contributed by atoms with Crippen LogP contribution in [0.15, 0.2) is 24.3 Å². The minimum absolute atomic E-state index is 0.158. The van der Waals surface area contributed by atoms with E-state index in [2.05, 4.69) is 6.92 Å². The Hall–Kier alpha value is -0.890.